The minimum Gasteiger partial charge on any atom is -0.372 e. The van der Waals surface area contributed by atoms with Gasteiger partial charge in [-0.25, -0.2) is 8.78 Å². The van der Waals surface area contributed by atoms with Crippen molar-refractivity contribution in [2.45, 2.75) is 5.67 Å². The maximum absolute atomic E-state index is 14.1. The summed E-state index contributed by atoms with van der Waals surface area (Å²) in [5.41, 5.74) is -5.75. The second-order valence-corrected chi connectivity index (χ2v) is 6.50. The third kappa shape index (κ3) is 2.51. The molecule has 0 bridgehead atoms. The molecule has 1 aromatic carbocycles. The molecule has 10 heteroatoms. The SMILES string of the molecule is CO[Si](OC)(OC)C(F)(F)N(F)c1cccc(F)c1F. The van der Waals surface area contributed by atoms with Crippen LogP contribution in [0.5, 0.6) is 0 Å². The van der Waals surface area contributed by atoms with Crippen molar-refractivity contribution < 1.29 is 35.3 Å². The first-order chi connectivity index (χ1) is 9.27. The molecule has 0 aromatic heterocycles. The Labute approximate surface area is 113 Å². The van der Waals surface area contributed by atoms with E-state index in [9.17, 15) is 22.0 Å². The molecule has 114 valence electrons. The zero-order valence-corrected chi connectivity index (χ0v) is 11.8. The Kier molecular flexibility index (Phi) is 5.08. The van der Waals surface area contributed by atoms with E-state index in [1.165, 1.54) is 0 Å². The molecule has 1 aromatic rings. The Morgan fingerprint density at radius 1 is 1.05 bits per heavy atom. The van der Waals surface area contributed by atoms with Gasteiger partial charge in [-0.1, -0.05) is 10.5 Å². The number of nitrogens with zero attached hydrogens (tertiary/aromatic N) is 1. The van der Waals surface area contributed by atoms with E-state index in [1.807, 2.05) is 0 Å². The van der Waals surface area contributed by atoms with E-state index in [4.69, 9.17) is 0 Å². The molecule has 0 amide bonds. The molecule has 20 heavy (non-hydrogen) atoms. The van der Waals surface area contributed by atoms with Crippen molar-refractivity contribution in [3.05, 3.63) is 29.8 Å². The fourth-order valence-corrected chi connectivity index (χ4v) is 3.13. The lowest BCUT2D eigenvalue weighted by Crippen LogP contribution is -2.65. The molecule has 4 nitrogen and oxygen atoms in total. The van der Waals surface area contributed by atoms with E-state index in [0.29, 0.717) is 12.1 Å². The van der Waals surface area contributed by atoms with Gasteiger partial charge in [0.15, 0.2) is 11.6 Å². The third-order valence-electron chi connectivity index (χ3n) is 2.56. The summed E-state index contributed by atoms with van der Waals surface area (Å²) in [6, 6.07) is 2.19. The minimum atomic E-state index is -4.80. The maximum Gasteiger partial charge on any atom is 0.602 e. The summed E-state index contributed by atoms with van der Waals surface area (Å²) >= 11 is 0. The highest BCUT2D eigenvalue weighted by molar-refractivity contribution is 6.63. The van der Waals surface area contributed by atoms with Gasteiger partial charge in [-0.3, -0.25) is 0 Å². The van der Waals surface area contributed by atoms with Crippen LogP contribution < -0.4 is 5.12 Å². The lowest BCUT2D eigenvalue weighted by Gasteiger charge is -2.34. The number of hydrogen-bond donors (Lipinski definition) is 0. The van der Waals surface area contributed by atoms with Crippen molar-refractivity contribution in [2.75, 3.05) is 26.5 Å². The minimum absolute atomic E-state index is 0.645. The number of benzene rings is 1. The molecule has 0 unspecified atom stereocenters. The van der Waals surface area contributed by atoms with Crippen LogP contribution in [0.4, 0.5) is 27.7 Å². The van der Waals surface area contributed by atoms with Crippen molar-refractivity contribution in [3.63, 3.8) is 0 Å². The third-order valence-corrected chi connectivity index (χ3v) is 5.11. The molecule has 0 aliphatic carbocycles. The molecule has 1 rings (SSSR count). The summed E-state index contributed by atoms with van der Waals surface area (Å²) in [6.45, 7) is 0. The Balaban J connectivity index is 3.29. The van der Waals surface area contributed by atoms with Crippen LogP contribution in [-0.4, -0.2) is 35.8 Å². The van der Waals surface area contributed by atoms with Crippen LogP contribution in [0.1, 0.15) is 0 Å². The second-order valence-electron chi connectivity index (χ2n) is 3.56. The molecule has 0 radical (unpaired) electrons. The molecule has 0 fully saturated rings. The first kappa shape index (κ1) is 16.8. The Morgan fingerprint density at radius 3 is 2.00 bits per heavy atom. The molecule has 0 N–H and O–H groups in total. The van der Waals surface area contributed by atoms with E-state index < -0.39 is 36.9 Å². The summed E-state index contributed by atoms with van der Waals surface area (Å²) in [4.78, 5) is 0. The molecule has 0 heterocycles. The van der Waals surface area contributed by atoms with Gasteiger partial charge < -0.3 is 13.3 Å². The number of alkyl halides is 2. The molecule has 0 saturated heterocycles. The van der Waals surface area contributed by atoms with E-state index >= 15 is 0 Å². The fraction of sp³-hybridized carbons (Fsp3) is 0.400. The monoisotopic (exact) mass is 317 g/mol. The highest BCUT2D eigenvalue weighted by Gasteiger charge is 2.69. The van der Waals surface area contributed by atoms with Gasteiger partial charge in [0.25, 0.3) is 0 Å². The normalized spacial score (nSPS) is 12.6. The zero-order chi connectivity index (χ0) is 15.6. The number of rotatable bonds is 6. The van der Waals surface area contributed by atoms with Crippen LogP contribution in [-0.2, 0) is 13.3 Å². The van der Waals surface area contributed by atoms with Crippen LogP contribution in [0.3, 0.4) is 0 Å². The van der Waals surface area contributed by atoms with Gasteiger partial charge in [0.2, 0.25) is 0 Å². The summed E-state index contributed by atoms with van der Waals surface area (Å²) < 4.78 is 81.8. The van der Waals surface area contributed by atoms with Crippen molar-refractivity contribution >= 4 is 14.5 Å². The van der Waals surface area contributed by atoms with Gasteiger partial charge in [-0.2, -0.15) is 8.78 Å². The van der Waals surface area contributed by atoms with Crippen LogP contribution in [0.25, 0.3) is 0 Å². The zero-order valence-electron chi connectivity index (χ0n) is 10.8. The number of anilines is 1. The fourth-order valence-electron chi connectivity index (χ4n) is 1.53. The van der Waals surface area contributed by atoms with E-state index in [0.717, 1.165) is 27.4 Å². The molecular formula is C10H12F5NO3Si. The van der Waals surface area contributed by atoms with Crippen LogP contribution in [0.2, 0.25) is 0 Å². The summed E-state index contributed by atoms with van der Waals surface area (Å²) in [6.07, 6.45) is 0. The predicted octanol–water partition coefficient (Wildman–Crippen LogP) is 2.67. The first-order valence-corrected chi connectivity index (χ1v) is 6.93. The molecule has 0 aliphatic heterocycles. The second kappa shape index (κ2) is 6.04. The summed E-state index contributed by atoms with van der Waals surface area (Å²) in [5.74, 6) is -3.23. The van der Waals surface area contributed by atoms with Gasteiger partial charge >= 0.3 is 14.5 Å². The lowest BCUT2D eigenvalue weighted by atomic mass is 10.3. The smallest absolute Gasteiger partial charge is 0.372 e. The van der Waals surface area contributed by atoms with Crippen molar-refractivity contribution in [1.82, 2.24) is 0 Å². The largest absolute Gasteiger partial charge is 0.602 e. The average Bonchev–Trinajstić information content (AvgIpc) is 2.43. The van der Waals surface area contributed by atoms with Gasteiger partial charge in [0.05, 0.1) is 0 Å². The summed E-state index contributed by atoms with van der Waals surface area (Å²) in [7, 11) is -2.29. The Morgan fingerprint density at radius 2 is 1.55 bits per heavy atom. The van der Waals surface area contributed by atoms with Crippen LogP contribution in [0.15, 0.2) is 18.2 Å². The standard InChI is InChI=1S/C10H12F5NO3Si/c1-17-20(18-2,19-3)10(13,14)16(15)8-6-4-5-7(11)9(8)12/h4-6H,1-3H3. The Hall–Kier alpha value is -1.23. The molecule has 0 spiro atoms. The Bertz CT molecular complexity index is 464. The van der Waals surface area contributed by atoms with Crippen LogP contribution in [0, 0.1) is 11.6 Å². The predicted molar refractivity (Wildman–Crippen MR) is 61.7 cm³/mol. The molecule has 0 atom stereocenters. The van der Waals surface area contributed by atoms with Gasteiger partial charge in [0.1, 0.15) is 5.69 Å². The maximum atomic E-state index is 14.1. The van der Waals surface area contributed by atoms with Crippen molar-refractivity contribution in [1.29, 1.82) is 0 Å². The first-order valence-electron chi connectivity index (χ1n) is 5.20. The van der Waals surface area contributed by atoms with E-state index in [1.54, 1.807) is 0 Å². The van der Waals surface area contributed by atoms with E-state index in [2.05, 4.69) is 13.3 Å². The molecular weight excluding hydrogens is 305 g/mol. The number of halogens is 5. The lowest BCUT2D eigenvalue weighted by molar-refractivity contribution is -0.0571. The highest BCUT2D eigenvalue weighted by Crippen LogP contribution is 2.38. The topological polar surface area (TPSA) is 30.9 Å². The quantitative estimate of drug-likeness (QED) is 0.349. The number of hydrogen-bond acceptors (Lipinski definition) is 4. The van der Waals surface area contributed by atoms with Gasteiger partial charge in [-0.15, -0.1) is 5.12 Å². The van der Waals surface area contributed by atoms with Gasteiger partial charge in [0, 0.05) is 21.3 Å². The molecule has 0 aliphatic rings. The molecule has 0 saturated carbocycles. The highest BCUT2D eigenvalue weighted by atomic mass is 28.4. The van der Waals surface area contributed by atoms with E-state index in [-0.39, 0.29) is 0 Å². The average molecular weight is 317 g/mol. The van der Waals surface area contributed by atoms with Crippen LogP contribution >= 0.6 is 0 Å². The van der Waals surface area contributed by atoms with Gasteiger partial charge in [-0.05, 0) is 12.1 Å². The van der Waals surface area contributed by atoms with Crippen molar-refractivity contribution in [2.24, 2.45) is 0 Å². The van der Waals surface area contributed by atoms with Crippen molar-refractivity contribution in [3.8, 4) is 0 Å². The summed E-state index contributed by atoms with van der Waals surface area (Å²) in [5, 5.41) is -1.26.